The first-order valence-electron chi connectivity index (χ1n) is 11.4. The van der Waals surface area contributed by atoms with E-state index in [1.54, 1.807) is 6.21 Å². The molecule has 0 fully saturated rings. The monoisotopic (exact) mass is 473 g/mol. The van der Waals surface area contributed by atoms with Crippen molar-refractivity contribution in [3.8, 4) is 0 Å². The highest BCUT2D eigenvalue weighted by atomic mass is 32.2. The topological polar surface area (TPSA) is 63.6 Å². The Morgan fingerprint density at radius 1 is 1.25 bits per heavy atom. The Kier molecular flexibility index (Phi) is 12.9. The molecule has 0 saturated heterocycles. The molecule has 0 bridgehead atoms. The molecular weight excluding hydrogens is 438 g/mol. The number of ether oxygens (including phenoxy) is 1. The smallest absolute Gasteiger partial charge is 0.407 e. The maximum absolute atomic E-state index is 11.4. The fourth-order valence-electron chi connectivity index (χ4n) is 3.34. The average Bonchev–Trinajstić information content (AvgIpc) is 2.81. The van der Waals surface area contributed by atoms with E-state index in [9.17, 15) is 4.79 Å². The van der Waals surface area contributed by atoms with Gasteiger partial charge in [0, 0.05) is 34.8 Å². The molecule has 1 aromatic heterocycles. The van der Waals surface area contributed by atoms with Crippen molar-refractivity contribution in [3.63, 3.8) is 0 Å². The minimum absolute atomic E-state index is 0.319. The highest BCUT2D eigenvalue weighted by Gasteiger charge is 2.11. The number of fused-ring (bicyclic) bond motifs is 1. The van der Waals surface area contributed by atoms with E-state index in [1.807, 2.05) is 37.0 Å². The summed E-state index contributed by atoms with van der Waals surface area (Å²) < 4.78 is 5.16. The summed E-state index contributed by atoms with van der Waals surface area (Å²) in [6, 6.07) is 6.28. The van der Waals surface area contributed by atoms with Crippen LogP contribution in [0, 0.1) is 0 Å². The van der Waals surface area contributed by atoms with Gasteiger partial charge in [0.05, 0.1) is 17.8 Å². The number of alkyl carbamates (subject to hydrolysis) is 1. The summed E-state index contributed by atoms with van der Waals surface area (Å²) in [6.07, 6.45) is 12.8. The molecule has 7 heteroatoms. The van der Waals surface area contributed by atoms with Crippen LogP contribution in [0.4, 0.5) is 10.5 Å². The van der Waals surface area contributed by atoms with Crippen LogP contribution in [0.2, 0.25) is 0 Å². The molecule has 0 aliphatic carbocycles. The maximum Gasteiger partial charge on any atom is 0.407 e. The van der Waals surface area contributed by atoms with Crippen molar-refractivity contribution < 1.29 is 9.53 Å². The number of carbonyl (C=O) groups excluding carboxylic acids is 1. The summed E-state index contributed by atoms with van der Waals surface area (Å²) >= 11 is 5.99. The number of benzene rings is 1. The first kappa shape index (κ1) is 26.3. The number of amides is 1. The lowest BCUT2D eigenvalue weighted by molar-refractivity contribution is 0.144. The molecule has 2 aromatic rings. The Morgan fingerprint density at radius 3 is 2.78 bits per heavy atom. The van der Waals surface area contributed by atoms with Gasteiger partial charge in [-0.2, -0.15) is 12.6 Å². The highest BCUT2D eigenvalue weighted by molar-refractivity contribution is 7.99. The third-order valence-electron chi connectivity index (χ3n) is 4.97. The fourth-order valence-corrected chi connectivity index (χ4v) is 4.59. The van der Waals surface area contributed by atoms with Crippen molar-refractivity contribution in [3.05, 3.63) is 36.5 Å². The number of thioether (sulfide) groups is 1. The van der Waals surface area contributed by atoms with Crippen molar-refractivity contribution >= 4 is 59.4 Å². The predicted molar refractivity (Wildman–Crippen MR) is 142 cm³/mol. The number of rotatable bonds is 15. The zero-order valence-electron chi connectivity index (χ0n) is 19.0. The van der Waals surface area contributed by atoms with Gasteiger partial charge >= 0.3 is 6.09 Å². The summed E-state index contributed by atoms with van der Waals surface area (Å²) in [5, 5.41) is 3.87. The van der Waals surface area contributed by atoms with Crippen LogP contribution in [0.25, 0.3) is 17.0 Å². The van der Waals surface area contributed by atoms with E-state index in [1.165, 1.54) is 30.6 Å². The van der Waals surface area contributed by atoms with E-state index in [4.69, 9.17) is 4.74 Å². The average molecular weight is 474 g/mol. The third kappa shape index (κ3) is 8.87. The van der Waals surface area contributed by atoms with Crippen LogP contribution >= 0.6 is 24.4 Å². The van der Waals surface area contributed by atoms with Crippen molar-refractivity contribution in [1.82, 2.24) is 10.3 Å². The lowest BCUT2D eigenvalue weighted by Gasteiger charge is -2.11. The quantitative estimate of drug-likeness (QED) is 0.126. The van der Waals surface area contributed by atoms with Gasteiger partial charge in [-0.05, 0) is 49.8 Å². The van der Waals surface area contributed by atoms with Gasteiger partial charge in [-0.1, -0.05) is 44.4 Å². The van der Waals surface area contributed by atoms with E-state index in [2.05, 4.69) is 46.6 Å². The third-order valence-corrected chi connectivity index (χ3v) is 6.43. The molecule has 1 aromatic carbocycles. The number of nitrogens with one attached hydrogen (secondary N) is 1. The second-order valence-electron chi connectivity index (χ2n) is 7.41. The normalized spacial score (nSPS) is 11.2. The van der Waals surface area contributed by atoms with Gasteiger partial charge in [-0.15, -0.1) is 11.8 Å². The second-order valence-corrected chi connectivity index (χ2v) is 9.00. The zero-order valence-corrected chi connectivity index (χ0v) is 20.7. The van der Waals surface area contributed by atoms with Crippen LogP contribution in [-0.2, 0) is 4.74 Å². The molecule has 0 aliphatic rings. The molecule has 5 nitrogen and oxygen atoms in total. The number of pyridine rings is 1. The Balaban J connectivity index is 1.67. The molecule has 174 valence electrons. The second kappa shape index (κ2) is 15.8. The molecule has 2 rings (SSSR count). The van der Waals surface area contributed by atoms with Gasteiger partial charge in [0.1, 0.15) is 0 Å². The van der Waals surface area contributed by atoms with E-state index in [0.717, 1.165) is 52.9 Å². The van der Waals surface area contributed by atoms with Crippen molar-refractivity contribution in [2.24, 2.45) is 4.99 Å². The Bertz CT molecular complexity index is 887. The molecular formula is C25H35N3O2S2. The first-order valence-corrected chi connectivity index (χ1v) is 13.0. The van der Waals surface area contributed by atoms with Gasteiger partial charge in [0.2, 0.25) is 0 Å². The van der Waals surface area contributed by atoms with Crippen LogP contribution in [0.5, 0.6) is 0 Å². The van der Waals surface area contributed by atoms with E-state index in [-0.39, 0.29) is 6.09 Å². The molecule has 0 atom stereocenters. The molecule has 32 heavy (non-hydrogen) atoms. The number of carbonyl (C=O) groups is 1. The SMILES string of the molecule is C=Cc1cc(SCCCCCCCCOC(=O)NCCCS)c2cccnc2c1N=CC. The fraction of sp³-hybridized carbons (Fsp3) is 0.480. The van der Waals surface area contributed by atoms with Crippen LogP contribution < -0.4 is 5.32 Å². The zero-order chi connectivity index (χ0) is 23.0. The van der Waals surface area contributed by atoms with Crippen LogP contribution in [-0.4, -0.2) is 41.9 Å². The van der Waals surface area contributed by atoms with Gasteiger partial charge < -0.3 is 10.1 Å². The number of hydrogen-bond donors (Lipinski definition) is 2. The van der Waals surface area contributed by atoms with Crippen LogP contribution in [0.15, 0.2) is 40.9 Å². The molecule has 1 heterocycles. The van der Waals surface area contributed by atoms with E-state index < -0.39 is 0 Å². The number of hydrogen-bond acceptors (Lipinski definition) is 6. The summed E-state index contributed by atoms with van der Waals surface area (Å²) in [6.45, 7) is 6.99. The number of nitrogens with zero attached hydrogens (tertiary/aromatic N) is 2. The highest BCUT2D eigenvalue weighted by Crippen LogP contribution is 2.37. The minimum Gasteiger partial charge on any atom is -0.450 e. The summed E-state index contributed by atoms with van der Waals surface area (Å²) in [7, 11) is 0. The molecule has 0 aliphatic heterocycles. The van der Waals surface area contributed by atoms with E-state index in [0.29, 0.717) is 13.2 Å². The summed E-state index contributed by atoms with van der Waals surface area (Å²) in [5.41, 5.74) is 2.85. The summed E-state index contributed by atoms with van der Waals surface area (Å²) in [5.74, 6) is 1.84. The van der Waals surface area contributed by atoms with Crippen molar-refractivity contribution in [2.45, 2.75) is 56.8 Å². The summed E-state index contributed by atoms with van der Waals surface area (Å²) in [4.78, 5) is 21.8. The van der Waals surface area contributed by atoms with Crippen LogP contribution in [0.1, 0.15) is 57.4 Å². The Hall–Kier alpha value is -1.99. The maximum atomic E-state index is 11.4. The lowest BCUT2D eigenvalue weighted by Crippen LogP contribution is -2.25. The number of unbranched alkanes of at least 4 members (excludes halogenated alkanes) is 5. The van der Waals surface area contributed by atoms with Crippen LogP contribution in [0.3, 0.4) is 0 Å². The van der Waals surface area contributed by atoms with Crippen molar-refractivity contribution in [2.75, 3.05) is 24.7 Å². The first-order chi connectivity index (χ1) is 15.7. The molecule has 0 spiro atoms. The number of thiol groups is 1. The largest absolute Gasteiger partial charge is 0.450 e. The molecule has 0 radical (unpaired) electrons. The molecule has 0 unspecified atom stereocenters. The standard InChI is InChI=1S/C25H35N3O2S2/c1-3-20-19-22(21-13-11-14-27-24(21)23(20)26-4-2)32-18-10-8-6-5-7-9-16-30-25(29)28-15-12-17-31/h3-4,11,13-14,19,31H,1,5-10,12,15-18H2,2H3,(H,28,29). The molecule has 0 saturated carbocycles. The van der Waals surface area contributed by atoms with E-state index >= 15 is 0 Å². The lowest BCUT2D eigenvalue weighted by atomic mass is 10.1. The minimum atomic E-state index is -0.319. The Labute approximate surface area is 201 Å². The van der Waals surface area contributed by atoms with Gasteiger partial charge in [-0.25, -0.2) is 4.79 Å². The number of aromatic nitrogens is 1. The molecule has 1 N–H and O–H groups in total. The van der Waals surface area contributed by atoms with Gasteiger partial charge in [0.25, 0.3) is 0 Å². The molecule has 1 amide bonds. The van der Waals surface area contributed by atoms with Crippen molar-refractivity contribution in [1.29, 1.82) is 0 Å². The number of aliphatic imine (C=N–C) groups is 1. The predicted octanol–water partition coefficient (Wildman–Crippen LogP) is 7.08. The Morgan fingerprint density at radius 2 is 2.03 bits per heavy atom. The van der Waals surface area contributed by atoms with Gasteiger partial charge in [0.15, 0.2) is 0 Å². The van der Waals surface area contributed by atoms with Gasteiger partial charge in [-0.3, -0.25) is 9.98 Å².